The van der Waals surface area contributed by atoms with Crippen molar-refractivity contribution in [3.05, 3.63) is 5.82 Å². The molecule has 2 atom stereocenters. The maximum Gasteiger partial charge on any atom is 0.168 e. The van der Waals surface area contributed by atoms with Crippen LogP contribution in [0.25, 0.3) is 0 Å². The maximum atomic E-state index is 4.16. The van der Waals surface area contributed by atoms with Crippen LogP contribution in [0.15, 0.2) is 0 Å². The summed E-state index contributed by atoms with van der Waals surface area (Å²) in [7, 11) is 0. The van der Waals surface area contributed by atoms with E-state index in [0.29, 0.717) is 12.0 Å². The Labute approximate surface area is 104 Å². The van der Waals surface area contributed by atoms with Gasteiger partial charge in [0.15, 0.2) is 5.82 Å². The van der Waals surface area contributed by atoms with Crippen molar-refractivity contribution in [3.63, 3.8) is 0 Å². The molecule has 0 spiro atoms. The maximum absolute atomic E-state index is 4.16. The lowest BCUT2D eigenvalue weighted by Crippen LogP contribution is -2.26. The van der Waals surface area contributed by atoms with Gasteiger partial charge in [0.1, 0.15) is 0 Å². The number of nitrogens with one attached hydrogen (secondary N) is 1. The van der Waals surface area contributed by atoms with Crippen molar-refractivity contribution in [1.82, 2.24) is 25.5 Å². The molecule has 0 aromatic carbocycles. The van der Waals surface area contributed by atoms with Gasteiger partial charge in [-0.15, -0.1) is 5.10 Å². The molecule has 0 saturated heterocycles. The monoisotopic (exact) mass is 239 g/mol. The minimum Gasteiger partial charge on any atom is -0.307 e. The van der Waals surface area contributed by atoms with Crippen molar-refractivity contribution in [2.75, 3.05) is 6.54 Å². The van der Waals surface area contributed by atoms with Crippen LogP contribution in [0, 0.1) is 5.92 Å². The SMILES string of the molecule is CCCNC(C)c1nnnn1C(CC)C(C)C. The van der Waals surface area contributed by atoms with Crippen molar-refractivity contribution in [1.29, 1.82) is 0 Å². The third kappa shape index (κ3) is 3.49. The molecule has 1 aromatic rings. The Morgan fingerprint density at radius 3 is 2.47 bits per heavy atom. The average molecular weight is 239 g/mol. The highest BCUT2D eigenvalue weighted by atomic mass is 15.6. The van der Waals surface area contributed by atoms with Gasteiger partial charge < -0.3 is 5.32 Å². The van der Waals surface area contributed by atoms with Gasteiger partial charge in [0.05, 0.1) is 12.1 Å². The van der Waals surface area contributed by atoms with Gasteiger partial charge in [-0.2, -0.15) is 0 Å². The Morgan fingerprint density at radius 2 is 1.94 bits per heavy atom. The van der Waals surface area contributed by atoms with E-state index in [-0.39, 0.29) is 6.04 Å². The van der Waals surface area contributed by atoms with E-state index in [0.717, 1.165) is 25.2 Å². The third-order valence-electron chi connectivity index (χ3n) is 3.11. The standard InChI is InChI=1S/C12H25N5/c1-6-8-13-10(5)12-14-15-16-17(12)11(7-2)9(3)4/h9-11,13H,6-8H2,1-5H3. The second-order valence-corrected chi connectivity index (χ2v) is 4.88. The zero-order chi connectivity index (χ0) is 12.8. The van der Waals surface area contributed by atoms with E-state index in [1.807, 2.05) is 4.68 Å². The minimum atomic E-state index is 0.206. The summed E-state index contributed by atoms with van der Waals surface area (Å²) in [6.07, 6.45) is 2.17. The van der Waals surface area contributed by atoms with Gasteiger partial charge >= 0.3 is 0 Å². The Balaban J connectivity index is 2.83. The summed E-state index contributed by atoms with van der Waals surface area (Å²) < 4.78 is 1.98. The fraction of sp³-hybridized carbons (Fsp3) is 0.917. The van der Waals surface area contributed by atoms with E-state index in [1.54, 1.807) is 0 Å². The van der Waals surface area contributed by atoms with Gasteiger partial charge in [0, 0.05) is 0 Å². The lowest BCUT2D eigenvalue weighted by Gasteiger charge is -2.22. The van der Waals surface area contributed by atoms with E-state index in [1.165, 1.54) is 0 Å². The van der Waals surface area contributed by atoms with Crippen LogP contribution in [0.3, 0.4) is 0 Å². The molecule has 0 aliphatic heterocycles. The molecule has 0 amide bonds. The number of nitrogens with zero attached hydrogens (tertiary/aromatic N) is 4. The summed E-state index contributed by atoms with van der Waals surface area (Å²) in [6, 6.07) is 0.587. The summed E-state index contributed by atoms with van der Waals surface area (Å²) in [4.78, 5) is 0. The molecule has 98 valence electrons. The van der Waals surface area contributed by atoms with E-state index in [4.69, 9.17) is 0 Å². The second-order valence-electron chi connectivity index (χ2n) is 4.88. The van der Waals surface area contributed by atoms with Crippen LogP contribution in [0.5, 0.6) is 0 Å². The molecule has 5 nitrogen and oxygen atoms in total. The Morgan fingerprint density at radius 1 is 1.24 bits per heavy atom. The summed E-state index contributed by atoms with van der Waals surface area (Å²) in [6.45, 7) is 11.9. The molecule has 0 radical (unpaired) electrons. The van der Waals surface area contributed by atoms with Gasteiger partial charge in [-0.05, 0) is 42.7 Å². The molecule has 1 heterocycles. The van der Waals surface area contributed by atoms with Gasteiger partial charge in [-0.3, -0.25) is 0 Å². The lowest BCUT2D eigenvalue weighted by atomic mass is 10.0. The topological polar surface area (TPSA) is 55.6 Å². The van der Waals surface area contributed by atoms with Crippen LogP contribution in [-0.4, -0.2) is 26.8 Å². The normalized spacial score (nSPS) is 15.2. The van der Waals surface area contributed by atoms with Gasteiger partial charge in [0.25, 0.3) is 0 Å². The summed E-state index contributed by atoms with van der Waals surface area (Å²) in [5, 5.41) is 15.6. The first-order valence-corrected chi connectivity index (χ1v) is 6.62. The zero-order valence-corrected chi connectivity index (χ0v) is 11.6. The van der Waals surface area contributed by atoms with Crippen molar-refractivity contribution >= 4 is 0 Å². The molecule has 17 heavy (non-hydrogen) atoms. The van der Waals surface area contributed by atoms with Crippen LogP contribution < -0.4 is 5.32 Å². The summed E-state index contributed by atoms with van der Waals surface area (Å²) in [5.41, 5.74) is 0. The number of hydrogen-bond acceptors (Lipinski definition) is 4. The highest BCUT2D eigenvalue weighted by molar-refractivity contribution is 4.92. The molecule has 1 aromatic heterocycles. The summed E-state index contributed by atoms with van der Waals surface area (Å²) >= 11 is 0. The third-order valence-corrected chi connectivity index (χ3v) is 3.11. The van der Waals surface area contributed by atoms with Crippen LogP contribution in [0.1, 0.15) is 65.4 Å². The highest BCUT2D eigenvalue weighted by Crippen LogP contribution is 2.23. The number of rotatable bonds is 7. The largest absolute Gasteiger partial charge is 0.307 e. The Bertz CT molecular complexity index is 320. The van der Waals surface area contributed by atoms with Crippen molar-refractivity contribution in [2.24, 2.45) is 5.92 Å². The molecule has 2 unspecified atom stereocenters. The van der Waals surface area contributed by atoms with E-state index < -0.39 is 0 Å². The molecular formula is C12H25N5. The van der Waals surface area contributed by atoms with Crippen LogP contribution in [0.2, 0.25) is 0 Å². The Kier molecular flexibility index (Phi) is 5.55. The van der Waals surface area contributed by atoms with Gasteiger partial charge in [0.2, 0.25) is 0 Å². The number of tetrazole rings is 1. The van der Waals surface area contributed by atoms with E-state index in [9.17, 15) is 0 Å². The lowest BCUT2D eigenvalue weighted by molar-refractivity contribution is 0.312. The molecule has 0 bridgehead atoms. The fourth-order valence-electron chi connectivity index (χ4n) is 2.10. The first-order valence-electron chi connectivity index (χ1n) is 6.62. The molecule has 0 aliphatic rings. The quantitative estimate of drug-likeness (QED) is 0.793. The first kappa shape index (κ1) is 14.1. The van der Waals surface area contributed by atoms with Crippen LogP contribution in [0.4, 0.5) is 0 Å². The van der Waals surface area contributed by atoms with Crippen molar-refractivity contribution in [2.45, 2.75) is 59.5 Å². The zero-order valence-electron chi connectivity index (χ0n) is 11.6. The molecule has 1 N–H and O–H groups in total. The van der Waals surface area contributed by atoms with Crippen LogP contribution in [-0.2, 0) is 0 Å². The highest BCUT2D eigenvalue weighted by Gasteiger charge is 2.21. The van der Waals surface area contributed by atoms with Gasteiger partial charge in [-0.25, -0.2) is 4.68 Å². The van der Waals surface area contributed by atoms with E-state index in [2.05, 4.69) is 55.5 Å². The smallest absolute Gasteiger partial charge is 0.168 e. The molecule has 0 fully saturated rings. The van der Waals surface area contributed by atoms with Crippen molar-refractivity contribution < 1.29 is 0 Å². The number of hydrogen-bond donors (Lipinski definition) is 1. The summed E-state index contributed by atoms with van der Waals surface area (Å²) in [5.74, 6) is 1.49. The second kappa shape index (κ2) is 6.69. The van der Waals surface area contributed by atoms with Crippen LogP contribution >= 0.6 is 0 Å². The minimum absolute atomic E-state index is 0.206. The fourth-order valence-corrected chi connectivity index (χ4v) is 2.10. The molecule has 0 aliphatic carbocycles. The molecule has 1 rings (SSSR count). The molecular weight excluding hydrogens is 214 g/mol. The predicted octanol–water partition coefficient (Wildman–Crippen LogP) is 2.34. The molecule has 0 saturated carbocycles. The number of aromatic nitrogens is 4. The predicted molar refractivity (Wildman–Crippen MR) is 68.7 cm³/mol. The Hall–Kier alpha value is -0.970. The first-order chi connectivity index (χ1) is 8.11. The molecule has 5 heteroatoms. The average Bonchev–Trinajstić information content (AvgIpc) is 2.75. The van der Waals surface area contributed by atoms with Crippen molar-refractivity contribution in [3.8, 4) is 0 Å². The van der Waals surface area contributed by atoms with E-state index >= 15 is 0 Å². The van der Waals surface area contributed by atoms with Gasteiger partial charge in [-0.1, -0.05) is 27.7 Å².